The monoisotopic (exact) mass is 248 g/mol. The number of nitrogens with zero attached hydrogens (tertiary/aromatic N) is 2. The number of amides is 1. The summed E-state index contributed by atoms with van der Waals surface area (Å²) in [4.78, 5) is 28.3. The van der Waals surface area contributed by atoms with E-state index >= 15 is 0 Å². The molecule has 0 atom stereocenters. The Hall–Kier alpha value is -1.91. The molecule has 2 rings (SSSR count). The topological polar surface area (TPSA) is 59.5 Å². The second kappa shape index (κ2) is 4.40. The van der Waals surface area contributed by atoms with Crippen LogP contribution in [-0.4, -0.2) is 27.9 Å². The molecule has 0 aromatic carbocycles. The van der Waals surface area contributed by atoms with Crippen LogP contribution in [0.1, 0.15) is 42.5 Å². The van der Waals surface area contributed by atoms with Crippen molar-refractivity contribution < 1.29 is 14.3 Å². The first-order chi connectivity index (χ1) is 8.39. The second-order valence-electron chi connectivity index (χ2n) is 5.30. The maximum atomic E-state index is 11.9. The second-order valence-corrected chi connectivity index (χ2v) is 5.30. The van der Waals surface area contributed by atoms with Gasteiger partial charge in [-0.25, -0.2) is 9.78 Å². The van der Waals surface area contributed by atoms with Crippen molar-refractivity contribution in [1.82, 2.24) is 9.88 Å². The normalized spacial score (nSPS) is 14.3. The van der Waals surface area contributed by atoms with Crippen LogP contribution in [0.5, 0.6) is 0 Å². The highest BCUT2D eigenvalue weighted by Crippen LogP contribution is 2.23. The first-order valence-electron chi connectivity index (χ1n) is 5.81. The Balaban J connectivity index is 2.10. The maximum absolute atomic E-state index is 11.9. The standard InChI is InChI=1S/C13H16N2O3/c1-13(2,3)18-12(17)15-6-9-4-5-10(8-16)14-11(9)7-15/h4-5,8H,6-7H2,1-3H3. The summed E-state index contributed by atoms with van der Waals surface area (Å²) in [5.74, 6) is 0. The van der Waals surface area contributed by atoms with Gasteiger partial charge in [0, 0.05) is 0 Å². The van der Waals surface area contributed by atoms with E-state index in [1.165, 1.54) is 0 Å². The van der Waals surface area contributed by atoms with Crippen molar-refractivity contribution >= 4 is 12.4 Å². The Morgan fingerprint density at radius 1 is 1.39 bits per heavy atom. The fourth-order valence-corrected chi connectivity index (χ4v) is 1.79. The summed E-state index contributed by atoms with van der Waals surface area (Å²) in [6, 6.07) is 3.49. The van der Waals surface area contributed by atoms with E-state index in [0.29, 0.717) is 25.1 Å². The zero-order valence-electron chi connectivity index (χ0n) is 10.8. The Labute approximate surface area is 106 Å². The minimum absolute atomic E-state index is 0.354. The van der Waals surface area contributed by atoms with Crippen LogP contribution < -0.4 is 0 Å². The van der Waals surface area contributed by atoms with Crippen LogP contribution in [0.4, 0.5) is 4.79 Å². The van der Waals surface area contributed by atoms with E-state index in [4.69, 9.17) is 4.74 Å². The van der Waals surface area contributed by atoms with Crippen LogP contribution in [0.2, 0.25) is 0 Å². The molecule has 1 aromatic rings. The predicted octanol–water partition coefficient (Wildman–Crippen LogP) is 2.14. The minimum atomic E-state index is -0.507. The maximum Gasteiger partial charge on any atom is 0.410 e. The van der Waals surface area contributed by atoms with Gasteiger partial charge in [0.25, 0.3) is 0 Å². The van der Waals surface area contributed by atoms with Gasteiger partial charge < -0.3 is 4.74 Å². The molecule has 0 bridgehead atoms. The van der Waals surface area contributed by atoms with Gasteiger partial charge in [-0.15, -0.1) is 0 Å². The van der Waals surface area contributed by atoms with Crippen molar-refractivity contribution in [3.8, 4) is 0 Å². The SMILES string of the molecule is CC(C)(C)OC(=O)N1Cc2ccc(C=O)nc2C1. The molecule has 0 radical (unpaired) electrons. The molecule has 1 aromatic heterocycles. The molecule has 2 heterocycles. The van der Waals surface area contributed by atoms with Crippen molar-refractivity contribution in [2.45, 2.75) is 39.5 Å². The molecule has 1 aliphatic rings. The molecule has 0 aliphatic carbocycles. The lowest BCUT2D eigenvalue weighted by Gasteiger charge is -2.23. The first-order valence-corrected chi connectivity index (χ1v) is 5.81. The van der Waals surface area contributed by atoms with Gasteiger partial charge in [-0.3, -0.25) is 9.69 Å². The molecular formula is C13H16N2O3. The summed E-state index contributed by atoms with van der Waals surface area (Å²) in [7, 11) is 0. The lowest BCUT2D eigenvalue weighted by atomic mass is 10.2. The zero-order valence-corrected chi connectivity index (χ0v) is 10.8. The van der Waals surface area contributed by atoms with Gasteiger partial charge in [0.2, 0.25) is 0 Å². The van der Waals surface area contributed by atoms with E-state index < -0.39 is 5.60 Å². The molecule has 0 N–H and O–H groups in total. The summed E-state index contributed by atoms with van der Waals surface area (Å²) in [5.41, 5.74) is 1.62. The number of fused-ring (bicyclic) bond motifs is 1. The summed E-state index contributed by atoms with van der Waals surface area (Å²) in [6.45, 7) is 6.37. The van der Waals surface area contributed by atoms with E-state index in [-0.39, 0.29) is 6.09 Å². The number of aldehydes is 1. The van der Waals surface area contributed by atoms with Crippen molar-refractivity contribution in [3.63, 3.8) is 0 Å². The molecule has 5 heteroatoms. The lowest BCUT2D eigenvalue weighted by Crippen LogP contribution is -2.33. The van der Waals surface area contributed by atoms with Gasteiger partial charge in [0.05, 0.1) is 18.8 Å². The molecule has 0 saturated heterocycles. The third-order valence-corrected chi connectivity index (χ3v) is 2.56. The summed E-state index contributed by atoms with van der Waals surface area (Å²) >= 11 is 0. The Bertz CT molecular complexity index is 491. The Morgan fingerprint density at radius 3 is 2.72 bits per heavy atom. The van der Waals surface area contributed by atoms with Gasteiger partial charge in [-0.05, 0) is 32.4 Å². The molecule has 18 heavy (non-hydrogen) atoms. The number of aromatic nitrogens is 1. The molecule has 0 unspecified atom stereocenters. The predicted molar refractivity (Wildman–Crippen MR) is 65.1 cm³/mol. The first kappa shape index (κ1) is 12.5. The molecule has 1 aliphatic heterocycles. The summed E-state index contributed by atoms with van der Waals surface area (Å²) < 4.78 is 5.30. The largest absolute Gasteiger partial charge is 0.444 e. The van der Waals surface area contributed by atoms with E-state index in [1.54, 1.807) is 11.0 Å². The van der Waals surface area contributed by atoms with Crippen LogP contribution in [0, 0.1) is 0 Å². The van der Waals surface area contributed by atoms with Gasteiger partial charge in [0.1, 0.15) is 11.3 Å². The third kappa shape index (κ3) is 2.67. The minimum Gasteiger partial charge on any atom is -0.444 e. The number of hydrogen-bond donors (Lipinski definition) is 0. The van der Waals surface area contributed by atoms with Crippen LogP contribution in [0.15, 0.2) is 12.1 Å². The molecule has 0 saturated carbocycles. The zero-order chi connectivity index (χ0) is 13.3. The molecule has 0 spiro atoms. The van der Waals surface area contributed by atoms with Crippen molar-refractivity contribution in [3.05, 3.63) is 29.1 Å². The van der Waals surface area contributed by atoms with Crippen molar-refractivity contribution in [1.29, 1.82) is 0 Å². The van der Waals surface area contributed by atoms with Crippen molar-refractivity contribution in [2.24, 2.45) is 0 Å². The highest BCUT2D eigenvalue weighted by molar-refractivity contribution is 5.72. The highest BCUT2D eigenvalue weighted by atomic mass is 16.6. The van der Waals surface area contributed by atoms with Gasteiger partial charge in [-0.1, -0.05) is 6.07 Å². The van der Waals surface area contributed by atoms with E-state index in [9.17, 15) is 9.59 Å². The van der Waals surface area contributed by atoms with Crippen LogP contribution in [0.3, 0.4) is 0 Å². The van der Waals surface area contributed by atoms with Crippen LogP contribution >= 0.6 is 0 Å². The molecule has 5 nitrogen and oxygen atoms in total. The number of ether oxygens (including phenoxy) is 1. The van der Waals surface area contributed by atoms with E-state index in [0.717, 1.165) is 11.3 Å². The van der Waals surface area contributed by atoms with E-state index in [1.807, 2.05) is 26.8 Å². The number of carbonyl (C=O) groups excluding carboxylic acids is 2. The molecular weight excluding hydrogens is 232 g/mol. The highest BCUT2D eigenvalue weighted by Gasteiger charge is 2.28. The number of pyridine rings is 1. The average molecular weight is 248 g/mol. The lowest BCUT2D eigenvalue weighted by molar-refractivity contribution is 0.0240. The molecule has 1 amide bonds. The van der Waals surface area contributed by atoms with Crippen molar-refractivity contribution in [2.75, 3.05) is 0 Å². The third-order valence-electron chi connectivity index (χ3n) is 2.56. The molecule has 96 valence electrons. The fourth-order valence-electron chi connectivity index (χ4n) is 1.79. The number of carbonyl (C=O) groups is 2. The fraction of sp³-hybridized carbons (Fsp3) is 0.462. The summed E-state index contributed by atoms with van der Waals surface area (Å²) in [6.07, 6.45) is 0.351. The van der Waals surface area contributed by atoms with Gasteiger partial charge >= 0.3 is 6.09 Å². The molecule has 0 fully saturated rings. The van der Waals surface area contributed by atoms with Crippen LogP contribution in [-0.2, 0) is 17.8 Å². The van der Waals surface area contributed by atoms with E-state index in [2.05, 4.69) is 4.98 Å². The van der Waals surface area contributed by atoms with Gasteiger partial charge in [0.15, 0.2) is 6.29 Å². The smallest absolute Gasteiger partial charge is 0.410 e. The Kier molecular flexibility index (Phi) is 3.07. The number of rotatable bonds is 1. The van der Waals surface area contributed by atoms with Gasteiger partial charge in [-0.2, -0.15) is 0 Å². The van der Waals surface area contributed by atoms with Crippen LogP contribution in [0.25, 0.3) is 0 Å². The summed E-state index contributed by atoms with van der Waals surface area (Å²) in [5, 5.41) is 0. The average Bonchev–Trinajstić information content (AvgIpc) is 2.69. The quantitative estimate of drug-likeness (QED) is 0.714. The Morgan fingerprint density at radius 2 is 2.11 bits per heavy atom. The number of hydrogen-bond acceptors (Lipinski definition) is 4.